The summed E-state index contributed by atoms with van der Waals surface area (Å²) in [7, 11) is 0. The predicted octanol–water partition coefficient (Wildman–Crippen LogP) is 3.13. The van der Waals surface area contributed by atoms with Gasteiger partial charge in [-0.25, -0.2) is 10.5 Å². The number of aromatic nitrogens is 3. The molecule has 0 aliphatic heterocycles. The Bertz CT molecular complexity index is 540. The van der Waals surface area contributed by atoms with Gasteiger partial charge in [0.1, 0.15) is 0 Å². The Morgan fingerprint density at radius 1 is 1.56 bits per heavy atom. The summed E-state index contributed by atoms with van der Waals surface area (Å²) in [4.78, 5) is 4.21. The number of anilines is 1. The van der Waals surface area contributed by atoms with Crippen LogP contribution in [0, 0.1) is 0 Å². The molecule has 2 rings (SSSR count). The molecule has 0 amide bonds. The SMILES string of the molecule is CCSc1n[nH]c(N/N=C\c2cccc(Br)c2)n1. The molecule has 7 heteroatoms. The van der Waals surface area contributed by atoms with Crippen molar-refractivity contribution in [2.75, 3.05) is 11.2 Å². The largest absolute Gasteiger partial charge is 0.246 e. The highest BCUT2D eigenvalue weighted by molar-refractivity contribution is 9.10. The van der Waals surface area contributed by atoms with Crippen LogP contribution < -0.4 is 5.43 Å². The van der Waals surface area contributed by atoms with Gasteiger partial charge in [-0.2, -0.15) is 10.1 Å². The Hall–Kier alpha value is -1.34. The van der Waals surface area contributed by atoms with Crippen LogP contribution in [-0.4, -0.2) is 27.1 Å². The molecule has 1 aromatic heterocycles. The molecule has 1 heterocycles. The topological polar surface area (TPSA) is 66.0 Å². The molecule has 0 radical (unpaired) electrons. The van der Waals surface area contributed by atoms with Crippen molar-refractivity contribution in [3.05, 3.63) is 34.3 Å². The van der Waals surface area contributed by atoms with Crippen molar-refractivity contribution >= 4 is 39.9 Å². The van der Waals surface area contributed by atoms with Crippen LogP contribution in [0.2, 0.25) is 0 Å². The molecule has 0 fully saturated rings. The summed E-state index contributed by atoms with van der Waals surface area (Å²) in [6, 6.07) is 7.87. The van der Waals surface area contributed by atoms with Crippen LogP contribution in [0.4, 0.5) is 5.95 Å². The number of halogens is 1. The summed E-state index contributed by atoms with van der Waals surface area (Å²) >= 11 is 4.98. The van der Waals surface area contributed by atoms with Crippen molar-refractivity contribution < 1.29 is 0 Å². The van der Waals surface area contributed by atoms with E-state index in [9.17, 15) is 0 Å². The van der Waals surface area contributed by atoms with Gasteiger partial charge in [-0.05, 0) is 23.4 Å². The van der Waals surface area contributed by atoms with Crippen molar-refractivity contribution in [1.82, 2.24) is 15.2 Å². The number of hydrazone groups is 1. The van der Waals surface area contributed by atoms with Crippen molar-refractivity contribution in [3.63, 3.8) is 0 Å². The molecule has 0 saturated heterocycles. The third-order valence-electron chi connectivity index (χ3n) is 1.97. The van der Waals surface area contributed by atoms with Gasteiger partial charge in [0.2, 0.25) is 11.1 Å². The molecule has 0 aliphatic carbocycles. The lowest BCUT2D eigenvalue weighted by Crippen LogP contribution is -1.92. The van der Waals surface area contributed by atoms with E-state index in [1.54, 1.807) is 18.0 Å². The van der Waals surface area contributed by atoms with Crippen molar-refractivity contribution in [2.24, 2.45) is 5.10 Å². The van der Waals surface area contributed by atoms with Gasteiger partial charge in [0.05, 0.1) is 6.21 Å². The summed E-state index contributed by atoms with van der Waals surface area (Å²) in [6.45, 7) is 2.06. The van der Waals surface area contributed by atoms with Crippen LogP contribution in [0.5, 0.6) is 0 Å². The van der Waals surface area contributed by atoms with E-state index in [-0.39, 0.29) is 0 Å². The van der Waals surface area contributed by atoms with Gasteiger partial charge >= 0.3 is 0 Å². The first-order valence-corrected chi connectivity index (χ1v) is 7.15. The zero-order valence-electron chi connectivity index (χ0n) is 9.72. The summed E-state index contributed by atoms with van der Waals surface area (Å²) in [5.74, 6) is 1.48. The van der Waals surface area contributed by atoms with E-state index < -0.39 is 0 Å². The minimum atomic E-state index is 0.539. The molecule has 2 N–H and O–H groups in total. The lowest BCUT2D eigenvalue weighted by molar-refractivity contribution is 0.973. The van der Waals surface area contributed by atoms with E-state index in [1.165, 1.54) is 0 Å². The number of hydrogen-bond donors (Lipinski definition) is 2. The quantitative estimate of drug-likeness (QED) is 0.503. The van der Waals surface area contributed by atoms with E-state index in [0.717, 1.165) is 20.9 Å². The Balaban J connectivity index is 1.94. The smallest absolute Gasteiger partial charge is 0.240 e. The Morgan fingerprint density at radius 3 is 3.22 bits per heavy atom. The average Bonchev–Trinajstić information content (AvgIpc) is 2.78. The van der Waals surface area contributed by atoms with Crippen LogP contribution in [0.15, 0.2) is 39.0 Å². The molecule has 94 valence electrons. The van der Waals surface area contributed by atoms with Crippen LogP contribution in [0.25, 0.3) is 0 Å². The summed E-state index contributed by atoms with van der Waals surface area (Å²) in [6.07, 6.45) is 1.72. The second kappa shape index (κ2) is 6.55. The Kier molecular flexibility index (Phi) is 4.77. The number of nitrogens with one attached hydrogen (secondary N) is 2. The van der Waals surface area contributed by atoms with Crippen LogP contribution in [0.1, 0.15) is 12.5 Å². The normalized spacial score (nSPS) is 11.0. The highest BCUT2D eigenvalue weighted by Gasteiger charge is 2.00. The standard InChI is InChI=1S/C11H12BrN5S/c1-2-18-11-14-10(16-17-11)15-13-7-8-4-3-5-9(12)6-8/h3-7H,2H2,1H3,(H2,14,15,16,17)/b13-7-. The molecule has 0 spiro atoms. The van der Waals surface area contributed by atoms with E-state index in [2.05, 4.69) is 48.6 Å². The molecule has 0 aliphatic rings. The summed E-state index contributed by atoms with van der Waals surface area (Å²) in [5.41, 5.74) is 3.80. The Morgan fingerprint density at radius 2 is 2.44 bits per heavy atom. The lowest BCUT2D eigenvalue weighted by atomic mass is 10.2. The Labute approximate surface area is 118 Å². The van der Waals surface area contributed by atoms with E-state index in [0.29, 0.717) is 5.95 Å². The number of rotatable bonds is 5. The maximum atomic E-state index is 4.21. The molecule has 0 atom stereocenters. The van der Waals surface area contributed by atoms with Crippen LogP contribution in [-0.2, 0) is 0 Å². The summed E-state index contributed by atoms with van der Waals surface area (Å²) in [5, 5.41) is 11.6. The highest BCUT2D eigenvalue weighted by Crippen LogP contribution is 2.13. The van der Waals surface area contributed by atoms with Crippen molar-refractivity contribution in [1.29, 1.82) is 0 Å². The van der Waals surface area contributed by atoms with Gasteiger partial charge in [0.15, 0.2) is 0 Å². The number of nitrogens with zero attached hydrogens (tertiary/aromatic N) is 3. The fourth-order valence-corrected chi connectivity index (χ4v) is 2.19. The lowest BCUT2D eigenvalue weighted by Gasteiger charge is -1.94. The average molecular weight is 326 g/mol. The monoisotopic (exact) mass is 325 g/mol. The second-order valence-corrected chi connectivity index (χ2v) is 5.47. The highest BCUT2D eigenvalue weighted by atomic mass is 79.9. The first kappa shape index (κ1) is 13.1. The van der Waals surface area contributed by atoms with Gasteiger partial charge < -0.3 is 0 Å². The van der Waals surface area contributed by atoms with E-state index in [4.69, 9.17) is 0 Å². The summed E-state index contributed by atoms with van der Waals surface area (Å²) < 4.78 is 1.02. The van der Waals surface area contributed by atoms with Gasteiger partial charge in [0.25, 0.3) is 0 Å². The molecule has 1 aromatic carbocycles. The third-order valence-corrected chi connectivity index (χ3v) is 3.19. The van der Waals surface area contributed by atoms with Gasteiger partial charge in [-0.15, -0.1) is 5.10 Å². The van der Waals surface area contributed by atoms with Gasteiger partial charge in [-0.1, -0.05) is 46.7 Å². The molecule has 0 unspecified atom stereocenters. The predicted molar refractivity (Wildman–Crippen MR) is 78.1 cm³/mol. The van der Waals surface area contributed by atoms with Crippen molar-refractivity contribution in [3.8, 4) is 0 Å². The molecule has 18 heavy (non-hydrogen) atoms. The molecular weight excluding hydrogens is 314 g/mol. The molecule has 2 aromatic rings. The molecule has 0 saturated carbocycles. The number of thioether (sulfide) groups is 1. The first-order valence-electron chi connectivity index (χ1n) is 5.38. The second-order valence-electron chi connectivity index (χ2n) is 3.32. The molecule has 5 nitrogen and oxygen atoms in total. The van der Waals surface area contributed by atoms with Crippen LogP contribution >= 0.6 is 27.7 Å². The fourth-order valence-electron chi connectivity index (χ4n) is 1.24. The third kappa shape index (κ3) is 3.85. The van der Waals surface area contributed by atoms with Crippen LogP contribution in [0.3, 0.4) is 0 Å². The molecular formula is C11H12BrN5S. The maximum Gasteiger partial charge on any atom is 0.240 e. The maximum absolute atomic E-state index is 4.21. The van der Waals surface area contributed by atoms with E-state index >= 15 is 0 Å². The van der Waals surface area contributed by atoms with Crippen molar-refractivity contribution in [2.45, 2.75) is 12.1 Å². The molecule has 0 bridgehead atoms. The zero-order chi connectivity index (χ0) is 12.8. The zero-order valence-corrected chi connectivity index (χ0v) is 12.1. The minimum absolute atomic E-state index is 0.539. The number of H-pyrrole nitrogens is 1. The number of benzene rings is 1. The van der Waals surface area contributed by atoms with Gasteiger partial charge in [0, 0.05) is 4.47 Å². The van der Waals surface area contributed by atoms with E-state index in [1.807, 2.05) is 24.3 Å². The van der Waals surface area contributed by atoms with Gasteiger partial charge in [-0.3, -0.25) is 0 Å². The fraction of sp³-hybridized carbons (Fsp3) is 0.182. The first-order chi connectivity index (χ1) is 8.78. The number of hydrogen-bond acceptors (Lipinski definition) is 5. The minimum Gasteiger partial charge on any atom is -0.246 e. The number of aromatic amines is 1.